The summed E-state index contributed by atoms with van der Waals surface area (Å²) in [6.45, 7) is 0.0673. The maximum absolute atomic E-state index is 15.0. The quantitative estimate of drug-likeness (QED) is 0.629. The first-order chi connectivity index (χ1) is 12.6. The molecule has 0 saturated heterocycles. The van der Waals surface area contributed by atoms with Crippen molar-refractivity contribution in [1.29, 1.82) is 0 Å². The average Bonchev–Trinajstić information content (AvgIpc) is 2.67. The normalized spacial score (nSPS) is 10.4. The van der Waals surface area contributed by atoms with E-state index in [1.165, 1.54) is 31.4 Å². The number of ether oxygens (including phenoxy) is 2. The summed E-state index contributed by atoms with van der Waals surface area (Å²) in [5, 5.41) is 0.0431. The standard InChI is InChI=1S/C19H15ClFN3O2/c1-4-9-24(16-11-22-12-7-5-6-8-13(12)23-16)14-10-15(25-2)17(20)19(26-3)18(14)21/h1,5-8,10-11H,9H2,2-3H3. The summed E-state index contributed by atoms with van der Waals surface area (Å²) in [5.74, 6) is 2.37. The fourth-order valence-electron chi connectivity index (χ4n) is 2.56. The number of hydrogen-bond donors (Lipinski definition) is 0. The van der Waals surface area contributed by atoms with Gasteiger partial charge in [0.2, 0.25) is 0 Å². The molecule has 3 rings (SSSR count). The second-order valence-corrected chi connectivity index (χ2v) is 5.64. The van der Waals surface area contributed by atoms with Crippen LogP contribution >= 0.6 is 11.6 Å². The molecule has 132 valence electrons. The second kappa shape index (κ2) is 7.46. The number of methoxy groups -OCH3 is 2. The third kappa shape index (κ3) is 3.09. The zero-order valence-electron chi connectivity index (χ0n) is 14.2. The molecule has 2 aromatic carbocycles. The Balaban J connectivity index is 2.20. The van der Waals surface area contributed by atoms with Crippen molar-refractivity contribution in [3.05, 3.63) is 47.4 Å². The van der Waals surface area contributed by atoms with Crippen LogP contribution in [0.1, 0.15) is 0 Å². The lowest BCUT2D eigenvalue weighted by atomic mass is 10.2. The first kappa shape index (κ1) is 17.8. The Morgan fingerprint density at radius 1 is 1.23 bits per heavy atom. The Morgan fingerprint density at radius 3 is 2.62 bits per heavy atom. The summed E-state index contributed by atoms with van der Waals surface area (Å²) in [7, 11) is 2.76. The van der Waals surface area contributed by atoms with E-state index in [9.17, 15) is 4.39 Å². The Labute approximate surface area is 155 Å². The van der Waals surface area contributed by atoms with Crippen molar-refractivity contribution in [3.8, 4) is 23.8 Å². The number of benzene rings is 2. The molecule has 0 radical (unpaired) electrons. The monoisotopic (exact) mass is 371 g/mol. The van der Waals surface area contributed by atoms with Gasteiger partial charge in [0.05, 0.1) is 43.7 Å². The minimum absolute atomic E-state index is 0.0431. The third-order valence-electron chi connectivity index (χ3n) is 3.78. The van der Waals surface area contributed by atoms with Crippen LogP contribution < -0.4 is 14.4 Å². The van der Waals surface area contributed by atoms with E-state index < -0.39 is 5.82 Å². The zero-order valence-corrected chi connectivity index (χ0v) is 14.9. The second-order valence-electron chi connectivity index (χ2n) is 5.27. The number of para-hydroxylation sites is 2. The molecule has 7 heteroatoms. The van der Waals surface area contributed by atoms with Crippen LogP contribution in [0.5, 0.6) is 11.5 Å². The van der Waals surface area contributed by atoms with Crippen molar-refractivity contribution in [3.63, 3.8) is 0 Å². The average molecular weight is 372 g/mol. The molecule has 3 aromatic rings. The molecule has 0 saturated carbocycles. The number of nitrogens with zero attached hydrogens (tertiary/aromatic N) is 3. The molecule has 0 amide bonds. The van der Waals surface area contributed by atoms with Crippen LogP contribution in [0.15, 0.2) is 36.5 Å². The lowest BCUT2D eigenvalue weighted by Crippen LogP contribution is -2.20. The molecule has 0 aliphatic rings. The number of terminal acetylenes is 1. The highest BCUT2D eigenvalue weighted by atomic mass is 35.5. The lowest BCUT2D eigenvalue weighted by molar-refractivity contribution is 0.375. The van der Waals surface area contributed by atoms with Crippen LogP contribution in [0.2, 0.25) is 5.02 Å². The Bertz CT molecular complexity index is 1000. The maximum Gasteiger partial charge on any atom is 0.190 e. The summed E-state index contributed by atoms with van der Waals surface area (Å²) in [5.41, 5.74) is 1.52. The van der Waals surface area contributed by atoms with Crippen LogP contribution in [-0.4, -0.2) is 30.7 Å². The van der Waals surface area contributed by atoms with Crippen molar-refractivity contribution >= 4 is 34.1 Å². The molecule has 0 spiro atoms. The van der Waals surface area contributed by atoms with E-state index in [-0.39, 0.29) is 28.8 Å². The zero-order chi connectivity index (χ0) is 18.7. The molecular weight excluding hydrogens is 357 g/mol. The van der Waals surface area contributed by atoms with Crippen molar-refractivity contribution < 1.29 is 13.9 Å². The number of rotatable bonds is 5. The molecule has 0 unspecified atom stereocenters. The number of anilines is 2. The SMILES string of the molecule is C#CCN(c1cnc2ccccc2n1)c1cc(OC)c(Cl)c(OC)c1F. The van der Waals surface area contributed by atoms with Gasteiger partial charge in [0.1, 0.15) is 10.8 Å². The largest absolute Gasteiger partial charge is 0.495 e. The first-order valence-corrected chi connectivity index (χ1v) is 8.01. The Morgan fingerprint density at radius 2 is 1.96 bits per heavy atom. The van der Waals surface area contributed by atoms with Crippen LogP contribution in [-0.2, 0) is 0 Å². The van der Waals surface area contributed by atoms with Crippen LogP contribution in [0.25, 0.3) is 11.0 Å². The highest BCUT2D eigenvalue weighted by Crippen LogP contribution is 2.43. The van der Waals surface area contributed by atoms with Gasteiger partial charge in [0.25, 0.3) is 0 Å². The van der Waals surface area contributed by atoms with Gasteiger partial charge in [0, 0.05) is 6.07 Å². The molecule has 1 aromatic heterocycles. The highest BCUT2D eigenvalue weighted by Gasteiger charge is 2.24. The van der Waals surface area contributed by atoms with Crippen molar-refractivity contribution in [2.75, 3.05) is 25.7 Å². The van der Waals surface area contributed by atoms with Crippen LogP contribution in [0, 0.1) is 18.2 Å². The third-order valence-corrected chi connectivity index (χ3v) is 4.14. The number of fused-ring (bicyclic) bond motifs is 1. The van der Waals surface area contributed by atoms with E-state index in [4.69, 9.17) is 27.5 Å². The van der Waals surface area contributed by atoms with Crippen molar-refractivity contribution in [1.82, 2.24) is 9.97 Å². The summed E-state index contributed by atoms with van der Waals surface area (Å²) in [6.07, 6.45) is 7.02. The van der Waals surface area contributed by atoms with E-state index >= 15 is 0 Å². The van der Waals surface area contributed by atoms with Gasteiger partial charge < -0.3 is 14.4 Å². The molecule has 0 aliphatic heterocycles. The van der Waals surface area contributed by atoms with E-state index in [2.05, 4.69) is 15.9 Å². The highest BCUT2D eigenvalue weighted by molar-refractivity contribution is 6.33. The number of hydrogen-bond acceptors (Lipinski definition) is 5. The van der Waals surface area contributed by atoms with Crippen LogP contribution in [0.4, 0.5) is 15.9 Å². The fourth-order valence-corrected chi connectivity index (χ4v) is 2.85. The molecule has 0 bridgehead atoms. The smallest absolute Gasteiger partial charge is 0.190 e. The number of aromatic nitrogens is 2. The molecule has 0 atom stereocenters. The minimum Gasteiger partial charge on any atom is -0.495 e. The molecule has 5 nitrogen and oxygen atoms in total. The van der Waals surface area contributed by atoms with E-state index in [0.717, 1.165) is 5.52 Å². The predicted octanol–water partition coefficient (Wildman–Crippen LogP) is 4.21. The van der Waals surface area contributed by atoms with Gasteiger partial charge in [-0.15, -0.1) is 6.42 Å². The van der Waals surface area contributed by atoms with E-state index in [0.29, 0.717) is 11.3 Å². The van der Waals surface area contributed by atoms with Gasteiger partial charge in [-0.2, -0.15) is 0 Å². The first-order valence-electron chi connectivity index (χ1n) is 7.63. The predicted molar refractivity (Wildman–Crippen MR) is 99.9 cm³/mol. The Hall–Kier alpha value is -3.04. The van der Waals surface area contributed by atoms with Gasteiger partial charge in [-0.25, -0.2) is 9.37 Å². The van der Waals surface area contributed by atoms with Gasteiger partial charge in [-0.05, 0) is 12.1 Å². The minimum atomic E-state index is -0.663. The van der Waals surface area contributed by atoms with Crippen molar-refractivity contribution in [2.45, 2.75) is 0 Å². The molecular formula is C19H15ClFN3O2. The van der Waals surface area contributed by atoms with Crippen LogP contribution in [0.3, 0.4) is 0 Å². The van der Waals surface area contributed by atoms with Gasteiger partial charge in [0.15, 0.2) is 17.4 Å². The van der Waals surface area contributed by atoms with Crippen molar-refractivity contribution in [2.24, 2.45) is 0 Å². The molecule has 1 heterocycles. The molecule has 26 heavy (non-hydrogen) atoms. The summed E-state index contributed by atoms with van der Waals surface area (Å²) in [6, 6.07) is 8.83. The van der Waals surface area contributed by atoms with Gasteiger partial charge >= 0.3 is 0 Å². The molecule has 0 aliphatic carbocycles. The van der Waals surface area contributed by atoms with E-state index in [1.807, 2.05) is 24.3 Å². The lowest BCUT2D eigenvalue weighted by Gasteiger charge is -2.24. The molecule has 0 N–H and O–H groups in total. The maximum atomic E-state index is 15.0. The summed E-state index contributed by atoms with van der Waals surface area (Å²) in [4.78, 5) is 10.4. The fraction of sp³-hybridized carbons (Fsp3) is 0.158. The van der Waals surface area contributed by atoms with E-state index in [1.54, 1.807) is 0 Å². The Kier molecular flexibility index (Phi) is 5.10. The van der Waals surface area contributed by atoms with Gasteiger partial charge in [-0.3, -0.25) is 4.98 Å². The van der Waals surface area contributed by atoms with Gasteiger partial charge in [-0.1, -0.05) is 29.7 Å². The molecule has 0 fully saturated rings. The summed E-state index contributed by atoms with van der Waals surface area (Å²) < 4.78 is 25.3. The topological polar surface area (TPSA) is 47.5 Å². The summed E-state index contributed by atoms with van der Waals surface area (Å²) >= 11 is 6.12. The number of halogens is 2.